The maximum atomic E-state index is 9.41. The number of rotatable bonds is 2. The van der Waals surface area contributed by atoms with Crippen molar-refractivity contribution in [3.8, 4) is 0 Å². The number of para-hydroxylation sites is 2. The van der Waals surface area contributed by atoms with Crippen molar-refractivity contribution in [1.29, 1.82) is 0 Å². The Morgan fingerprint density at radius 2 is 1.79 bits per heavy atom. The first-order valence-corrected chi connectivity index (χ1v) is 5.00. The maximum absolute atomic E-state index is 9.41. The molecular weight excluding hydrogens is 176 g/mol. The molecule has 0 bridgehead atoms. The average Bonchev–Trinajstić information content (AvgIpc) is 2.99. The topological polar surface area (TPSA) is 45.0 Å². The Balaban J connectivity index is 2.19. The fourth-order valence-corrected chi connectivity index (χ4v) is 2.02. The molecule has 1 saturated carbocycles. The fourth-order valence-electron chi connectivity index (χ4n) is 2.02. The summed E-state index contributed by atoms with van der Waals surface area (Å²) in [6.07, 6.45) is 2.28. The highest BCUT2D eigenvalue weighted by molar-refractivity contribution is 5.11. The van der Waals surface area contributed by atoms with Gasteiger partial charge in [0.25, 0.3) is 0 Å². The van der Waals surface area contributed by atoms with Crippen molar-refractivity contribution in [3.63, 3.8) is 0 Å². The highest BCUT2D eigenvalue weighted by Gasteiger charge is 2.46. The highest BCUT2D eigenvalue weighted by atomic mass is 16.3. The van der Waals surface area contributed by atoms with E-state index in [1.807, 2.05) is 24.3 Å². The monoisotopic (exact) mass is 188 g/mol. The zero-order valence-electron chi connectivity index (χ0n) is 7.85. The van der Waals surface area contributed by atoms with Crippen LogP contribution in [0.5, 0.6) is 0 Å². The summed E-state index contributed by atoms with van der Waals surface area (Å²) in [5.74, 6) is 0.458. The van der Waals surface area contributed by atoms with Gasteiger partial charge in [0.1, 0.15) is 0 Å². The van der Waals surface area contributed by atoms with Crippen molar-refractivity contribution in [2.45, 2.75) is 18.5 Å². The van der Waals surface area contributed by atoms with Crippen LogP contribution in [0.25, 0.3) is 0 Å². The predicted octanol–water partition coefficient (Wildman–Crippen LogP) is 0.0380. The zero-order valence-corrected chi connectivity index (χ0v) is 7.85. The molecule has 0 spiro atoms. The molecule has 0 aromatic heterocycles. The van der Waals surface area contributed by atoms with E-state index in [2.05, 4.69) is 9.98 Å². The van der Waals surface area contributed by atoms with Crippen molar-refractivity contribution in [1.82, 2.24) is 0 Å². The minimum atomic E-state index is -0.538. The first kappa shape index (κ1) is 8.12. The zero-order chi connectivity index (χ0) is 9.60. The van der Waals surface area contributed by atoms with Crippen LogP contribution >= 0.6 is 0 Å². The molecule has 3 heteroatoms. The summed E-state index contributed by atoms with van der Waals surface area (Å²) in [5.41, 5.74) is -0.538. The quantitative estimate of drug-likeness (QED) is 0.699. The first-order valence-electron chi connectivity index (χ1n) is 5.00. The number of aliphatic hydroxyl groups is 1. The third-order valence-electron chi connectivity index (χ3n) is 2.97. The molecule has 1 aliphatic carbocycles. The van der Waals surface area contributed by atoms with Crippen molar-refractivity contribution in [2.24, 2.45) is 15.9 Å². The molecule has 1 heterocycles. The van der Waals surface area contributed by atoms with Gasteiger partial charge in [0.05, 0.1) is 17.3 Å². The Hall–Kier alpha value is -1.22. The van der Waals surface area contributed by atoms with Crippen LogP contribution in [0.15, 0.2) is 34.3 Å². The molecule has 0 radical (unpaired) electrons. The number of nitrogens with zero attached hydrogens (tertiary/aromatic N) is 2. The van der Waals surface area contributed by atoms with Gasteiger partial charge in [-0.3, -0.25) is 9.98 Å². The summed E-state index contributed by atoms with van der Waals surface area (Å²) in [5, 5.41) is 11.3. The lowest BCUT2D eigenvalue weighted by Crippen LogP contribution is -2.30. The summed E-state index contributed by atoms with van der Waals surface area (Å²) in [7, 11) is 0. The number of aliphatic hydroxyl groups excluding tert-OH is 1. The Bertz CT molecular complexity index is 441. The van der Waals surface area contributed by atoms with Crippen molar-refractivity contribution in [2.75, 3.05) is 6.61 Å². The predicted molar refractivity (Wildman–Crippen MR) is 51.3 cm³/mol. The molecular formula is C11H12N2O. The molecule has 14 heavy (non-hydrogen) atoms. The molecule has 0 unspecified atom stereocenters. The van der Waals surface area contributed by atoms with Gasteiger partial charge >= 0.3 is 0 Å². The van der Waals surface area contributed by atoms with Crippen LogP contribution in [0, 0.1) is 5.92 Å². The third-order valence-corrected chi connectivity index (χ3v) is 2.97. The van der Waals surface area contributed by atoms with Gasteiger partial charge in [-0.2, -0.15) is 0 Å². The van der Waals surface area contributed by atoms with Crippen LogP contribution in [0.4, 0.5) is 0 Å². The summed E-state index contributed by atoms with van der Waals surface area (Å²) < 4.78 is 0. The lowest BCUT2D eigenvalue weighted by atomic mass is 10.1. The van der Waals surface area contributed by atoms with Crippen molar-refractivity contribution >= 4 is 0 Å². The highest BCUT2D eigenvalue weighted by Crippen LogP contribution is 2.42. The summed E-state index contributed by atoms with van der Waals surface area (Å²) in [6.45, 7) is 0.0341. The number of benzene rings is 1. The second-order valence-electron chi connectivity index (χ2n) is 4.02. The van der Waals surface area contributed by atoms with Crippen LogP contribution in [0.1, 0.15) is 12.8 Å². The minimum Gasteiger partial charge on any atom is -0.392 e. The molecule has 1 aliphatic heterocycles. The van der Waals surface area contributed by atoms with Crippen LogP contribution in [0.3, 0.4) is 0 Å². The molecule has 1 aromatic carbocycles. The molecule has 2 aliphatic rings. The van der Waals surface area contributed by atoms with Crippen LogP contribution in [-0.4, -0.2) is 17.4 Å². The van der Waals surface area contributed by atoms with E-state index < -0.39 is 5.66 Å². The van der Waals surface area contributed by atoms with E-state index in [4.69, 9.17) is 0 Å². The summed E-state index contributed by atoms with van der Waals surface area (Å²) in [4.78, 5) is 9.09. The van der Waals surface area contributed by atoms with E-state index in [-0.39, 0.29) is 6.61 Å². The molecule has 0 atom stereocenters. The lowest BCUT2D eigenvalue weighted by molar-refractivity contribution is 0.184. The second kappa shape index (κ2) is 2.64. The number of hydrogen-bond acceptors (Lipinski definition) is 3. The molecule has 3 rings (SSSR count). The number of fused-ring (bicyclic) bond motifs is 1. The van der Waals surface area contributed by atoms with Crippen molar-refractivity contribution < 1.29 is 5.11 Å². The third kappa shape index (κ3) is 1.02. The van der Waals surface area contributed by atoms with Gasteiger partial charge in [-0.25, -0.2) is 0 Å². The Morgan fingerprint density at radius 3 is 2.21 bits per heavy atom. The van der Waals surface area contributed by atoms with E-state index in [9.17, 15) is 5.11 Å². The van der Waals surface area contributed by atoms with Gasteiger partial charge in [0.15, 0.2) is 5.66 Å². The van der Waals surface area contributed by atoms with Gasteiger partial charge in [-0.1, -0.05) is 12.1 Å². The van der Waals surface area contributed by atoms with Crippen molar-refractivity contribution in [3.05, 3.63) is 35.0 Å². The van der Waals surface area contributed by atoms with Gasteiger partial charge < -0.3 is 5.11 Å². The molecule has 1 N–H and O–H groups in total. The average molecular weight is 188 g/mol. The fraction of sp³-hybridized carbons (Fsp3) is 0.455. The second-order valence-corrected chi connectivity index (χ2v) is 4.02. The SMILES string of the molecule is OCC1(C2CC2)N=c2ccccc2=N1. The van der Waals surface area contributed by atoms with Gasteiger partial charge in [-0.05, 0) is 25.0 Å². The largest absolute Gasteiger partial charge is 0.392 e. The van der Waals surface area contributed by atoms with E-state index in [0.29, 0.717) is 5.92 Å². The van der Waals surface area contributed by atoms with Gasteiger partial charge in [0.2, 0.25) is 0 Å². The molecule has 0 saturated heterocycles. The van der Waals surface area contributed by atoms with Gasteiger partial charge in [-0.15, -0.1) is 0 Å². The Morgan fingerprint density at radius 1 is 1.21 bits per heavy atom. The van der Waals surface area contributed by atoms with E-state index in [1.54, 1.807) is 0 Å². The molecule has 0 amide bonds. The molecule has 1 fully saturated rings. The lowest BCUT2D eigenvalue weighted by Gasteiger charge is -2.19. The molecule has 1 aromatic rings. The molecule has 72 valence electrons. The van der Waals surface area contributed by atoms with E-state index in [0.717, 1.165) is 23.6 Å². The normalized spacial score (nSPS) is 22.4. The maximum Gasteiger partial charge on any atom is 0.177 e. The summed E-state index contributed by atoms with van der Waals surface area (Å²) >= 11 is 0. The Labute approximate surface area is 81.8 Å². The van der Waals surface area contributed by atoms with Gasteiger partial charge in [0, 0.05) is 5.92 Å². The summed E-state index contributed by atoms with van der Waals surface area (Å²) in [6, 6.07) is 7.83. The smallest absolute Gasteiger partial charge is 0.177 e. The van der Waals surface area contributed by atoms with Crippen LogP contribution in [-0.2, 0) is 0 Å². The van der Waals surface area contributed by atoms with Crippen LogP contribution in [0.2, 0.25) is 0 Å². The van der Waals surface area contributed by atoms with Crippen LogP contribution < -0.4 is 10.7 Å². The first-order chi connectivity index (χ1) is 6.84. The standard InChI is InChI=1S/C11H12N2O/c14-7-11(8-5-6-8)12-9-3-1-2-4-10(9)13-11/h1-4,8,14H,5-7H2. The minimum absolute atomic E-state index is 0.0341. The molecule has 3 nitrogen and oxygen atoms in total. The van der Waals surface area contributed by atoms with E-state index >= 15 is 0 Å². The Kier molecular flexibility index (Phi) is 1.53. The van der Waals surface area contributed by atoms with E-state index in [1.165, 1.54) is 0 Å². The number of hydrogen-bond donors (Lipinski definition) is 1.